The summed E-state index contributed by atoms with van der Waals surface area (Å²) >= 11 is 7.55. The summed E-state index contributed by atoms with van der Waals surface area (Å²) in [5, 5.41) is 6.73. The van der Waals surface area contributed by atoms with Gasteiger partial charge >= 0.3 is 5.97 Å². The number of hydrogen-bond donors (Lipinski definition) is 3. The van der Waals surface area contributed by atoms with Crippen molar-refractivity contribution in [2.45, 2.75) is 13.5 Å². The normalized spacial score (nSPS) is 10.7. The lowest BCUT2D eigenvalue weighted by Gasteiger charge is -2.10. The molecule has 0 unspecified atom stereocenters. The summed E-state index contributed by atoms with van der Waals surface area (Å²) in [5.74, 6) is -0.721. The Labute approximate surface area is 198 Å². The van der Waals surface area contributed by atoms with Gasteiger partial charge in [0, 0.05) is 15.8 Å². The van der Waals surface area contributed by atoms with E-state index >= 15 is 0 Å². The Hall–Kier alpha value is -3.76. The van der Waals surface area contributed by atoms with Crippen molar-refractivity contribution in [1.29, 1.82) is 0 Å². The zero-order valence-corrected chi connectivity index (χ0v) is 19.0. The number of fused-ring (bicyclic) bond motifs is 1. The molecule has 2 aromatic carbocycles. The van der Waals surface area contributed by atoms with Gasteiger partial charge < -0.3 is 21.1 Å². The van der Waals surface area contributed by atoms with Crippen LogP contribution in [0, 0.1) is 6.92 Å². The van der Waals surface area contributed by atoms with Crippen molar-refractivity contribution in [3.8, 4) is 0 Å². The summed E-state index contributed by atoms with van der Waals surface area (Å²) in [6.45, 7) is 1.38. The number of ether oxygens (including phenoxy) is 1. The number of amides is 1. The highest BCUT2D eigenvalue weighted by Crippen LogP contribution is 2.34. The molecule has 9 nitrogen and oxygen atoms in total. The zero-order valence-electron chi connectivity index (χ0n) is 17.5. The minimum Gasteiger partial charge on any atom is -0.456 e. The summed E-state index contributed by atoms with van der Waals surface area (Å²) in [6, 6.07) is 15.0. The number of aromatic nitrogens is 3. The topological polar surface area (TPSA) is 132 Å². The van der Waals surface area contributed by atoms with Gasteiger partial charge in [-0.15, -0.1) is 11.3 Å². The van der Waals surface area contributed by atoms with Crippen LogP contribution in [0.1, 0.15) is 21.1 Å². The number of carbonyl (C=O) groups is 2. The Balaban J connectivity index is 1.34. The van der Waals surface area contributed by atoms with Gasteiger partial charge in [0.05, 0.1) is 5.02 Å². The number of anilines is 3. The third-order valence-corrected chi connectivity index (χ3v) is 6.26. The fourth-order valence-corrected chi connectivity index (χ4v) is 4.41. The average molecular weight is 483 g/mol. The van der Waals surface area contributed by atoms with E-state index in [4.69, 9.17) is 22.1 Å². The van der Waals surface area contributed by atoms with Crippen LogP contribution < -0.4 is 16.4 Å². The molecule has 4 rings (SSSR count). The van der Waals surface area contributed by atoms with Gasteiger partial charge in [0.25, 0.3) is 5.91 Å². The highest BCUT2D eigenvalue weighted by atomic mass is 35.5. The van der Waals surface area contributed by atoms with Crippen molar-refractivity contribution in [2.75, 3.05) is 17.6 Å². The minimum atomic E-state index is -0.659. The Bertz CT molecular complexity index is 1340. The quantitative estimate of drug-likeness (QED) is 0.338. The van der Waals surface area contributed by atoms with Gasteiger partial charge in [-0.25, -0.2) is 0 Å². The molecular weight excluding hydrogens is 464 g/mol. The molecule has 2 heterocycles. The maximum absolute atomic E-state index is 12.5. The largest absolute Gasteiger partial charge is 0.456 e. The molecule has 2 aromatic heterocycles. The first kappa shape index (κ1) is 22.4. The van der Waals surface area contributed by atoms with Crippen molar-refractivity contribution in [1.82, 2.24) is 20.3 Å². The molecule has 0 atom stereocenters. The lowest BCUT2D eigenvalue weighted by molar-refractivity contribution is -0.143. The number of carbonyl (C=O) groups excluding carboxylic acids is 2. The molecule has 4 aromatic rings. The third kappa shape index (κ3) is 5.36. The first-order valence-electron chi connectivity index (χ1n) is 9.84. The van der Waals surface area contributed by atoms with Crippen molar-refractivity contribution >= 4 is 62.5 Å². The number of nitrogen functional groups attached to an aromatic ring is 1. The lowest BCUT2D eigenvalue weighted by Crippen LogP contribution is -2.30. The fraction of sp³-hybridized carbons (Fsp3) is 0.136. The number of hydrogen-bond acceptors (Lipinski definition) is 9. The van der Waals surface area contributed by atoms with Crippen LogP contribution in [0.3, 0.4) is 0 Å². The van der Waals surface area contributed by atoms with Crippen LogP contribution in [0.2, 0.25) is 5.02 Å². The van der Waals surface area contributed by atoms with E-state index < -0.39 is 11.9 Å². The van der Waals surface area contributed by atoms with E-state index in [1.807, 2.05) is 55.5 Å². The summed E-state index contributed by atoms with van der Waals surface area (Å²) in [4.78, 5) is 37.2. The number of nitrogens with two attached hydrogens (primary N) is 1. The smallest absolute Gasteiger partial charge is 0.325 e. The highest BCUT2D eigenvalue weighted by molar-refractivity contribution is 7.21. The average Bonchev–Trinajstić information content (AvgIpc) is 3.14. The number of thiophene rings is 1. The zero-order chi connectivity index (χ0) is 23.4. The van der Waals surface area contributed by atoms with Gasteiger partial charge in [0.15, 0.2) is 12.4 Å². The van der Waals surface area contributed by atoms with Crippen LogP contribution in [-0.4, -0.2) is 33.4 Å². The molecule has 4 N–H and O–H groups in total. The van der Waals surface area contributed by atoms with Gasteiger partial charge in [-0.05, 0) is 24.6 Å². The second kappa shape index (κ2) is 9.80. The Morgan fingerprint density at radius 3 is 2.64 bits per heavy atom. The van der Waals surface area contributed by atoms with Crippen LogP contribution in [-0.2, 0) is 16.1 Å². The Kier molecular flexibility index (Phi) is 6.66. The van der Waals surface area contributed by atoms with E-state index in [-0.39, 0.29) is 30.9 Å². The molecule has 0 aliphatic carbocycles. The Morgan fingerprint density at radius 1 is 1.09 bits per heavy atom. The first-order chi connectivity index (χ1) is 15.9. The SMILES string of the molecule is Cc1ccccc1Nc1nc(N)nc(COC(=O)CNC(=O)c2sc3ccccc3c2Cl)n1. The summed E-state index contributed by atoms with van der Waals surface area (Å²) in [5.41, 5.74) is 7.57. The predicted octanol–water partition coefficient (Wildman–Crippen LogP) is 3.85. The van der Waals surface area contributed by atoms with E-state index in [0.717, 1.165) is 21.3 Å². The van der Waals surface area contributed by atoms with Gasteiger partial charge in [0.2, 0.25) is 11.9 Å². The van der Waals surface area contributed by atoms with Crippen LogP contribution in [0.15, 0.2) is 48.5 Å². The number of benzene rings is 2. The standard InChI is InChI=1S/C22H19ClN6O3S/c1-12-6-2-4-8-14(12)26-22-28-16(27-21(24)29-22)11-32-17(30)10-25-20(31)19-18(23)13-7-3-5-9-15(13)33-19/h2-9H,10-11H2,1H3,(H,25,31)(H3,24,26,27,28,29). The molecule has 0 radical (unpaired) electrons. The van der Waals surface area contributed by atoms with E-state index in [2.05, 4.69) is 25.6 Å². The maximum Gasteiger partial charge on any atom is 0.325 e. The van der Waals surface area contributed by atoms with Crippen LogP contribution >= 0.6 is 22.9 Å². The molecule has 11 heteroatoms. The number of para-hydroxylation sites is 1. The molecule has 0 spiro atoms. The molecule has 0 saturated carbocycles. The minimum absolute atomic E-state index is 0.0140. The lowest BCUT2D eigenvalue weighted by atomic mass is 10.2. The van der Waals surface area contributed by atoms with Gasteiger partial charge in [-0.2, -0.15) is 15.0 Å². The molecule has 0 bridgehead atoms. The van der Waals surface area contributed by atoms with Gasteiger partial charge in [0.1, 0.15) is 11.4 Å². The van der Waals surface area contributed by atoms with Crippen LogP contribution in [0.25, 0.3) is 10.1 Å². The maximum atomic E-state index is 12.5. The molecular formula is C22H19ClN6O3S. The van der Waals surface area contributed by atoms with Gasteiger partial charge in [-0.3, -0.25) is 9.59 Å². The van der Waals surface area contributed by atoms with Crippen molar-refractivity contribution in [3.05, 3.63) is 69.8 Å². The van der Waals surface area contributed by atoms with Gasteiger partial charge in [-0.1, -0.05) is 48.0 Å². The number of aryl methyl sites for hydroxylation is 1. The molecule has 0 aliphatic rings. The summed E-state index contributed by atoms with van der Waals surface area (Å²) in [7, 11) is 0. The molecule has 0 saturated heterocycles. The van der Waals surface area contributed by atoms with Crippen molar-refractivity contribution in [3.63, 3.8) is 0 Å². The molecule has 1 amide bonds. The fourth-order valence-electron chi connectivity index (χ4n) is 2.98. The van der Waals surface area contributed by atoms with E-state index in [0.29, 0.717) is 9.90 Å². The number of halogens is 1. The van der Waals surface area contributed by atoms with E-state index in [9.17, 15) is 9.59 Å². The van der Waals surface area contributed by atoms with E-state index in [1.165, 1.54) is 11.3 Å². The molecule has 168 valence electrons. The van der Waals surface area contributed by atoms with Crippen LogP contribution in [0.5, 0.6) is 0 Å². The summed E-state index contributed by atoms with van der Waals surface area (Å²) in [6.07, 6.45) is 0. The summed E-state index contributed by atoms with van der Waals surface area (Å²) < 4.78 is 6.05. The monoisotopic (exact) mass is 482 g/mol. The highest BCUT2D eigenvalue weighted by Gasteiger charge is 2.18. The number of rotatable bonds is 7. The van der Waals surface area contributed by atoms with Crippen molar-refractivity contribution < 1.29 is 14.3 Å². The third-order valence-electron chi connectivity index (χ3n) is 4.59. The molecule has 33 heavy (non-hydrogen) atoms. The number of nitrogens with one attached hydrogen (secondary N) is 2. The molecule has 0 fully saturated rings. The second-order valence-corrected chi connectivity index (χ2v) is 8.39. The molecule has 0 aliphatic heterocycles. The van der Waals surface area contributed by atoms with E-state index in [1.54, 1.807) is 0 Å². The second-order valence-electron chi connectivity index (χ2n) is 6.96. The number of nitrogens with zero attached hydrogens (tertiary/aromatic N) is 3. The Morgan fingerprint density at radius 2 is 1.85 bits per heavy atom. The van der Waals surface area contributed by atoms with Crippen LogP contribution in [0.4, 0.5) is 17.6 Å². The predicted molar refractivity (Wildman–Crippen MR) is 128 cm³/mol. The van der Waals surface area contributed by atoms with Crippen molar-refractivity contribution in [2.24, 2.45) is 0 Å². The first-order valence-corrected chi connectivity index (χ1v) is 11.0. The number of esters is 1.